The molecule has 3 nitrogen and oxygen atoms in total. The van der Waals surface area contributed by atoms with E-state index in [1.807, 2.05) is 0 Å². The molecule has 0 spiro atoms. The lowest BCUT2D eigenvalue weighted by Crippen LogP contribution is -2.58. The molecule has 3 N–H and O–H groups in total. The second kappa shape index (κ2) is 5.34. The highest BCUT2D eigenvalue weighted by atomic mass is 16.5. The van der Waals surface area contributed by atoms with Gasteiger partial charge in [0.15, 0.2) is 0 Å². The van der Waals surface area contributed by atoms with Crippen LogP contribution in [0.15, 0.2) is 0 Å². The van der Waals surface area contributed by atoms with Crippen molar-refractivity contribution in [2.45, 2.75) is 77.6 Å². The molecule has 2 bridgehead atoms. The summed E-state index contributed by atoms with van der Waals surface area (Å²) in [5.74, 6) is 0.956. The minimum Gasteiger partial charge on any atom is -0.389 e. The predicted octanol–water partition coefficient (Wildman–Crippen LogP) is 2.71. The quantitative estimate of drug-likeness (QED) is 0.779. The summed E-state index contributed by atoms with van der Waals surface area (Å²) in [5, 5.41) is 11.5. The number of aliphatic hydroxyl groups is 1. The van der Waals surface area contributed by atoms with E-state index in [0.717, 1.165) is 32.1 Å². The molecule has 2 fully saturated rings. The number of hydrogen-bond acceptors (Lipinski definition) is 3. The van der Waals surface area contributed by atoms with E-state index in [1.165, 1.54) is 0 Å². The molecule has 3 atom stereocenters. The zero-order valence-electron chi connectivity index (χ0n) is 13.0. The van der Waals surface area contributed by atoms with Crippen LogP contribution in [-0.4, -0.2) is 29.5 Å². The summed E-state index contributed by atoms with van der Waals surface area (Å²) in [6.07, 6.45) is 5.32. The van der Waals surface area contributed by atoms with Crippen LogP contribution in [0.2, 0.25) is 0 Å². The molecule has 0 aromatic rings. The predicted molar refractivity (Wildman–Crippen MR) is 77.9 cm³/mol. The largest absolute Gasteiger partial charge is 0.389 e. The Kier molecular flexibility index (Phi) is 4.29. The van der Waals surface area contributed by atoms with Crippen LogP contribution in [-0.2, 0) is 4.74 Å². The first kappa shape index (κ1) is 15.3. The maximum absolute atomic E-state index is 11.5. The molecule has 0 saturated carbocycles. The molecule has 2 rings (SSSR count). The Hall–Kier alpha value is -0.120. The third-order valence-electron chi connectivity index (χ3n) is 5.10. The Morgan fingerprint density at radius 3 is 2.11 bits per heavy atom. The maximum atomic E-state index is 11.5. The van der Waals surface area contributed by atoms with Crippen LogP contribution in [0, 0.1) is 17.3 Å². The van der Waals surface area contributed by atoms with E-state index in [9.17, 15) is 5.11 Å². The summed E-state index contributed by atoms with van der Waals surface area (Å²) in [7, 11) is 0. The van der Waals surface area contributed by atoms with Gasteiger partial charge in [-0.3, -0.25) is 0 Å². The molecule has 3 unspecified atom stereocenters. The first-order valence-corrected chi connectivity index (χ1v) is 7.91. The molecule has 2 heterocycles. The van der Waals surface area contributed by atoms with Gasteiger partial charge in [0.05, 0.1) is 17.8 Å². The molecule has 0 radical (unpaired) electrons. The van der Waals surface area contributed by atoms with Crippen LogP contribution in [0.1, 0.15) is 59.8 Å². The van der Waals surface area contributed by atoms with Crippen LogP contribution in [0.25, 0.3) is 0 Å². The average Bonchev–Trinajstić information content (AvgIpc) is 2.86. The summed E-state index contributed by atoms with van der Waals surface area (Å²) >= 11 is 0. The number of hydrogen-bond donors (Lipinski definition) is 2. The van der Waals surface area contributed by atoms with E-state index in [1.54, 1.807) is 0 Å². The lowest BCUT2D eigenvalue weighted by molar-refractivity contribution is -0.133. The van der Waals surface area contributed by atoms with Crippen molar-refractivity contribution < 1.29 is 9.84 Å². The zero-order chi connectivity index (χ0) is 14.3. The fourth-order valence-electron chi connectivity index (χ4n) is 4.54. The lowest BCUT2D eigenvalue weighted by atomic mass is 9.58. The van der Waals surface area contributed by atoms with Crippen molar-refractivity contribution in [2.24, 2.45) is 23.0 Å². The molecular weight excluding hydrogens is 238 g/mol. The second-order valence-corrected chi connectivity index (χ2v) is 7.62. The fourth-order valence-corrected chi connectivity index (χ4v) is 4.54. The van der Waals surface area contributed by atoms with Crippen molar-refractivity contribution in [3.63, 3.8) is 0 Å². The van der Waals surface area contributed by atoms with Gasteiger partial charge < -0.3 is 15.6 Å². The Bertz CT molecular complexity index is 306. The molecule has 0 aliphatic carbocycles. The number of nitrogens with two attached hydrogens (primary N) is 1. The number of ether oxygens (including phenoxy) is 1. The Morgan fingerprint density at radius 1 is 1.21 bits per heavy atom. The highest BCUT2D eigenvalue weighted by molar-refractivity contribution is 5.11. The minimum absolute atomic E-state index is 0.171. The average molecular weight is 269 g/mol. The van der Waals surface area contributed by atoms with Crippen LogP contribution >= 0.6 is 0 Å². The van der Waals surface area contributed by atoms with E-state index >= 15 is 0 Å². The van der Waals surface area contributed by atoms with Gasteiger partial charge in [0.2, 0.25) is 0 Å². The summed E-state index contributed by atoms with van der Waals surface area (Å²) in [6.45, 7) is 9.28. The van der Waals surface area contributed by atoms with Gasteiger partial charge in [-0.05, 0) is 43.9 Å². The molecule has 2 aliphatic heterocycles. The molecule has 2 aliphatic rings. The second-order valence-electron chi connectivity index (χ2n) is 7.62. The van der Waals surface area contributed by atoms with E-state index in [2.05, 4.69) is 27.7 Å². The highest BCUT2D eigenvalue weighted by Crippen LogP contribution is 2.56. The molecule has 3 heteroatoms. The normalized spacial score (nSPS) is 34.7. The third-order valence-corrected chi connectivity index (χ3v) is 5.10. The Balaban J connectivity index is 2.29. The van der Waals surface area contributed by atoms with Crippen molar-refractivity contribution in [1.29, 1.82) is 0 Å². The topological polar surface area (TPSA) is 55.5 Å². The fraction of sp³-hybridized carbons (Fsp3) is 1.00. The van der Waals surface area contributed by atoms with E-state index < -0.39 is 5.60 Å². The molecule has 2 saturated heterocycles. The Morgan fingerprint density at radius 2 is 1.79 bits per heavy atom. The maximum Gasteiger partial charge on any atom is 0.0746 e. The van der Waals surface area contributed by atoms with Crippen LogP contribution in [0.3, 0.4) is 0 Å². The van der Waals surface area contributed by atoms with Crippen molar-refractivity contribution in [3.8, 4) is 0 Å². The SMILES string of the molecule is CC(C)CC(O)(CC(C)C)C1(CN)CC2CCC1O2. The van der Waals surface area contributed by atoms with Crippen molar-refractivity contribution in [3.05, 3.63) is 0 Å². The molecule has 112 valence electrons. The first-order valence-electron chi connectivity index (χ1n) is 7.91. The van der Waals surface area contributed by atoms with Crippen LogP contribution in [0.5, 0.6) is 0 Å². The van der Waals surface area contributed by atoms with Gasteiger partial charge in [-0.1, -0.05) is 27.7 Å². The standard InChI is InChI=1S/C16H31NO2/c1-11(2)7-16(18,8-12(3)4)15(10-17)9-13-5-6-14(15)19-13/h11-14,18H,5-10,17H2,1-4H3. The van der Waals surface area contributed by atoms with Crippen molar-refractivity contribution in [2.75, 3.05) is 6.54 Å². The van der Waals surface area contributed by atoms with E-state index in [0.29, 0.717) is 24.5 Å². The van der Waals surface area contributed by atoms with Crippen LogP contribution in [0.4, 0.5) is 0 Å². The summed E-state index contributed by atoms with van der Waals surface area (Å²) < 4.78 is 6.05. The summed E-state index contributed by atoms with van der Waals surface area (Å²) in [5.41, 5.74) is 5.26. The third kappa shape index (κ3) is 2.57. The monoisotopic (exact) mass is 269 g/mol. The minimum atomic E-state index is -0.677. The lowest BCUT2D eigenvalue weighted by Gasteiger charge is -2.50. The van der Waals surface area contributed by atoms with Gasteiger partial charge in [0.25, 0.3) is 0 Å². The van der Waals surface area contributed by atoms with Crippen LogP contribution < -0.4 is 5.73 Å². The molecular formula is C16H31NO2. The summed E-state index contributed by atoms with van der Waals surface area (Å²) in [4.78, 5) is 0. The number of rotatable bonds is 6. The first-order chi connectivity index (χ1) is 8.83. The Labute approximate surface area is 117 Å². The highest BCUT2D eigenvalue weighted by Gasteiger charge is 2.61. The van der Waals surface area contributed by atoms with Gasteiger partial charge in [0.1, 0.15) is 0 Å². The summed E-state index contributed by atoms with van der Waals surface area (Å²) in [6, 6.07) is 0. The van der Waals surface area contributed by atoms with Gasteiger partial charge in [-0.25, -0.2) is 0 Å². The molecule has 0 aromatic heterocycles. The number of fused-ring (bicyclic) bond motifs is 2. The smallest absolute Gasteiger partial charge is 0.0746 e. The molecule has 19 heavy (non-hydrogen) atoms. The molecule has 0 aromatic carbocycles. The van der Waals surface area contributed by atoms with E-state index in [-0.39, 0.29) is 11.5 Å². The zero-order valence-corrected chi connectivity index (χ0v) is 13.0. The van der Waals surface area contributed by atoms with Crippen molar-refractivity contribution in [1.82, 2.24) is 0 Å². The van der Waals surface area contributed by atoms with Gasteiger partial charge in [-0.2, -0.15) is 0 Å². The van der Waals surface area contributed by atoms with E-state index in [4.69, 9.17) is 10.5 Å². The van der Waals surface area contributed by atoms with Gasteiger partial charge in [-0.15, -0.1) is 0 Å². The van der Waals surface area contributed by atoms with Gasteiger partial charge >= 0.3 is 0 Å². The molecule has 0 amide bonds. The van der Waals surface area contributed by atoms with Crippen molar-refractivity contribution >= 4 is 0 Å². The van der Waals surface area contributed by atoms with Gasteiger partial charge in [0, 0.05) is 12.0 Å².